The summed E-state index contributed by atoms with van der Waals surface area (Å²) in [5, 5.41) is 9.93. The third-order valence-corrected chi connectivity index (χ3v) is 5.92. The van der Waals surface area contributed by atoms with E-state index in [4.69, 9.17) is 14.5 Å². The van der Waals surface area contributed by atoms with Crippen molar-refractivity contribution in [3.05, 3.63) is 45.4 Å². The van der Waals surface area contributed by atoms with Gasteiger partial charge in [-0.25, -0.2) is 4.98 Å². The molecule has 1 aliphatic rings. The minimum absolute atomic E-state index is 0. The van der Waals surface area contributed by atoms with E-state index in [9.17, 15) is 0 Å². The van der Waals surface area contributed by atoms with Gasteiger partial charge in [-0.05, 0) is 31.4 Å². The van der Waals surface area contributed by atoms with E-state index < -0.39 is 0 Å². The quantitative estimate of drug-likeness (QED) is 0.291. The molecule has 0 aliphatic carbocycles. The topological polar surface area (TPSA) is 67.8 Å². The average Bonchev–Trinajstić information content (AvgIpc) is 3.39. The summed E-state index contributed by atoms with van der Waals surface area (Å²) in [4.78, 5) is 9.07. The molecule has 1 unspecified atom stereocenters. The van der Waals surface area contributed by atoms with Crippen LogP contribution in [0.1, 0.15) is 55.4 Å². The Morgan fingerprint density at radius 3 is 2.71 bits per heavy atom. The monoisotopic (exact) mass is 558 g/mol. The molecule has 1 saturated heterocycles. The number of ether oxygens (including phenoxy) is 2. The van der Waals surface area contributed by atoms with Gasteiger partial charge < -0.3 is 20.1 Å². The number of thiazole rings is 1. The van der Waals surface area contributed by atoms with Crippen LogP contribution < -0.4 is 15.4 Å². The zero-order valence-electron chi connectivity index (χ0n) is 19.2. The zero-order valence-corrected chi connectivity index (χ0v) is 22.3. The Bertz CT molecular complexity index is 858. The summed E-state index contributed by atoms with van der Waals surface area (Å²) >= 11 is 1.68. The highest BCUT2D eigenvalue weighted by atomic mass is 127. The van der Waals surface area contributed by atoms with E-state index in [1.54, 1.807) is 18.4 Å². The molecule has 1 aromatic carbocycles. The molecule has 8 heteroatoms. The van der Waals surface area contributed by atoms with Crippen LogP contribution in [0.5, 0.6) is 5.75 Å². The number of hydrogen-bond donors (Lipinski definition) is 2. The first-order chi connectivity index (χ1) is 14.3. The molecule has 0 radical (unpaired) electrons. The number of nitrogens with zero attached hydrogens (tertiary/aromatic N) is 2. The molecule has 2 aromatic rings. The molecule has 0 spiro atoms. The number of aryl methyl sites for hydroxylation is 1. The van der Waals surface area contributed by atoms with Crippen LogP contribution in [0.2, 0.25) is 0 Å². The summed E-state index contributed by atoms with van der Waals surface area (Å²) < 4.78 is 11.8. The highest BCUT2D eigenvalue weighted by Gasteiger charge is 2.18. The molecule has 2 N–H and O–H groups in total. The van der Waals surface area contributed by atoms with Gasteiger partial charge >= 0.3 is 0 Å². The van der Waals surface area contributed by atoms with Gasteiger partial charge in [0, 0.05) is 36.6 Å². The summed E-state index contributed by atoms with van der Waals surface area (Å²) in [6.45, 7) is 11.3. The molecule has 172 valence electrons. The Balaban J connectivity index is 0.00000341. The van der Waals surface area contributed by atoms with Crippen molar-refractivity contribution in [3.63, 3.8) is 0 Å². The summed E-state index contributed by atoms with van der Waals surface area (Å²) in [5.74, 6) is 1.65. The predicted molar refractivity (Wildman–Crippen MR) is 139 cm³/mol. The molecule has 1 atom stereocenters. The van der Waals surface area contributed by atoms with Crippen molar-refractivity contribution in [3.8, 4) is 5.75 Å². The van der Waals surface area contributed by atoms with Gasteiger partial charge in [0.25, 0.3) is 0 Å². The van der Waals surface area contributed by atoms with Crippen molar-refractivity contribution in [2.24, 2.45) is 4.99 Å². The van der Waals surface area contributed by atoms with Crippen molar-refractivity contribution in [1.82, 2.24) is 15.6 Å². The van der Waals surface area contributed by atoms with Gasteiger partial charge in [-0.2, -0.15) is 0 Å². The fourth-order valence-electron chi connectivity index (χ4n) is 3.20. The van der Waals surface area contributed by atoms with Crippen LogP contribution in [0.4, 0.5) is 0 Å². The van der Waals surface area contributed by atoms with Crippen molar-refractivity contribution >= 4 is 41.3 Å². The largest absolute Gasteiger partial charge is 0.491 e. The minimum atomic E-state index is 0. The molecule has 1 aliphatic heterocycles. The molecule has 2 heterocycles. The van der Waals surface area contributed by atoms with E-state index in [-0.39, 0.29) is 35.5 Å². The van der Waals surface area contributed by atoms with Crippen molar-refractivity contribution < 1.29 is 9.47 Å². The lowest BCUT2D eigenvalue weighted by Gasteiger charge is -2.17. The third kappa shape index (κ3) is 7.91. The highest BCUT2D eigenvalue weighted by Crippen LogP contribution is 2.24. The first-order valence-electron chi connectivity index (χ1n) is 10.6. The summed E-state index contributed by atoms with van der Waals surface area (Å²) in [7, 11) is 1.78. The van der Waals surface area contributed by atoms with E-state index in [2.05, 4.69) is 66.9 Å². The fraction of sp³-hybridized carbons (Fsp3) is 0.565. The zero-order chi connectivity index (χ0) is 21.6. The van der Waals surface area contributed by atoms with Gasteiger partial charge in [0.1, 0.15) is 17.4 Å². The predicted octanol–water partition coefficient (Wildman–Crippen LogP) is 4.79. The van der Waals surface area contributed by atoms with Crippen LogP contribution in [0.25, 0.3) is 0 Å². The Labute approximate surface area is 207 Å². The first-order valence-corrected chi connectivity index (χ1v) is 11.5. The third-order valence-electron chi connectivity index (χ3n) is 5.07. The summed E-state index contributed by atoms with van der Waals surface area (Å²) in [6, 6.07) is 6.30. The Morgan fingerprint density at radius 1 is 1.29 bits per heavy atom. The van der Waals surface area contributed by atoms with Gasteiger partial charge in [0.2, 0.25) is 0 Å². The summed E-state index contributed by atoms with van der Waals surface area (Å²) in [5.41, 5.74) is 3.48. The maximum atomic E-state index is 6.10. The van der Waals surface area contributed by atoms with Crippen molar-refractivity contribution in [1.29, 1.82) is 0 Å². The van der Waals surface area contributed by atoms with E-state index in [0.29, 0.717) is 19.7 Å². The molecular weight excluding hydrogens is 523 g/mol. The Hall–Kier alpha value is -1.39. The molecule has 6 nitrogen and oxygen atoms in total. The lowest BCUT2D eigenvalue weighted by Crippen LogP contribution is -2.36. The molecule has 31 heavy (non-hydrogen) atoms. The van der Waals surface area contributed by atoms with Crippen molar-refractivity contribution in [2.45, 2.75) is 65.1 Å². The fourth-order valence-corrected chi connectivity index (χ4v) is 4.16. The van der Waals surface area contributed by atoms with Crippen molar-refractivity contribution in [2.75, 3.05) is 20.3 Å². The summed E-state index contributed by atoms with van der Waals surface area (Å²) in [6.07, 6.45) is 2.40. The second kappa shape index (κ2) is 12.0. The minimum Gasteiger partial charge on any atom is -0.491 e. The molecule has 0 saturated carbocycles. The second-order valence-corrected chi connectivity index (χ2v) is 9.66. The normalized spacial score (nSPS) is 16.7. The Kier molecular flexibility index (Phi) is 10.0. The number of rotatable bonds is 7. The number of nitrogens with one attached hydrogen (secondary N) is 2. The maximum Gasteiger partial charge on any atom is 0.191 e. The van der Waals surface area contributed by atoms with Crippen LogP contribution in [0.3, 0.4) is 0 Å². The van der Waals surface area contributed by atoms with Crippen LogP contribution in [0, 0.1) is 6.92 Å². The maximum absolute atomic E-state index is 6.10. The molecule has 1 fully saturated rings. The number of aromatic nitrogens is 1. The van der Waals surface area contributed by atoms with E-state index in [1.165, 1.54) is 5.56 Å². The standard InChI is InChI=1S/C23H34N4O2S.HI/c1-16-8-9-17(19(11-16)29-14-18-7-6-10-28-18)12-25-22(24-5)26-13-21-27-20(15-30-21)23(2,3)4;/h8-9,11,15,18H,6-7,10,12-14H2,1-5H3,(H2,24,25,26);1H. The van der Waals surface area contributed by atoms with Gasteiger partial charge in [0.05, 0.1) is 18.3 Å². The number of hydrogen-bond acceptors (Lipinski definition) is 5. The van der Waals surface area contributed by atoms with E-state index in [1.807, 2.05) is 0 Å². The van der Waals surface area contributed by atoms with Gasteiger partial charge in [-0.15, -0.1) is 35.3 Å². The smallest absolute Gasteiger partial charge is 0.191 e. The molecule has 0 amide bonds. The van der Waals surface area contributed by atoms with Gasteiger partial charge in [-0.3, -0.25) is 4.99 Å². The number of aliphatic imine (C=N–C) groups is 1. The van der Waals surface area contributed by atoms with Crippen LogP contribution in [0.15, 0.2) is 28.6 Å². The SMILES string of the molecule is CN=C(NCc1nc(C(C)(C)C)cs1)NCc1ccc(C)cc1OCC1CCCO1.I. The first kappa shape index (κ1) is 25.9. The number of benzene rings is 1. The van der Waals surface area contributed by atoms with E-state index >= 15 is 0 Å². The molecule has 1 aromatic heterocycles. The lowest BCUT2D eigenvalue weighted by atomic mass is 9.93. The molecule has 3 rings (SSSR count). The van der Waals surface area contributed by atoms with E-state index in [0.717, 1.165) is 47.4 Å². The molecular formula is C23H35IN4O2S. The van der Waals surface area contributed by atoms with Gasteiger partial charge in [-0.1, -0.05) is 32.9 Å². The number of guanidine groups is 1. The second-order valence-electron chi connectivity index (χ2n) is 8.71. The van der Waals surface area contributed by atoms with Crippen LogP contribution in [-0.4, -0.2) is 37.3 Å². The highest BCUT2D eigenvalue weighted by molar-refractivity contribution is 14.0. The van der Waals surface area contributed by atoms with Crippen LogP contribution in [-0.2, 0) is 23.2 Å². The number of halogens is 1. The molecule has 0 bridgehead atoms. The lowest BCUT2D eigenvalue weighted by molar-refractivity contribution is 0.0676. The van der Waals surface area contributed by atoms with Crippen LogP contribution >= 0.6 is 35.3 Å². The average molecular weight is 559 g/mol. The van der Waals surface area contributed by atoms with Gasteiger partial charge in [0.15, 0.2) is 5.96 Å². The Morgan fingerprint density at radius 2 is 2.06 bits per heavy atom.